The zero-order valence-electron chi connectivity index (χ0n) is 8.97. The zero-order valence-corrected chi connectivity index (χ0v) is 10.5. The van der Waals surface area contributed by atoms with Crippen LogP contribution in [-0.4, -0.2) is 4.98 Å². The van der Waals surface area contributed by atoms with Gasteiger partial charge in [0.25, 0.3) is 0 Å². The molecule has 17 heavy (non-hydrogen) atoms. The summed E-state index contributed by atoms with van der Waals surface area (Å²) in [5.41, 5.74) is 2.60. The molecule has 3 rings (SSSR count). The van der Waals surface area contributed by atoms with Gasteiger partial charge < -0.3 is 4.74 Å². The van der Waals surface area contributed by atoms with E-state index in [1.54, 1.807) is 6.20 Å². The van der Waals surface area contributed by atoms with Gasteiger partial charge in [0.2, 0.25) is 5.56 Å². The minimum absolute atomic E-state index is 0. The predicted octanol–water partition coefficient (Wildman–Crippen LogP) is 3.72. The molecule has 2 aromatic rings. The monoisotopic (exact) mass is 267 g/mol. The third kappa shape index (κ3) is 2.24. The average molecular weight is 268 g/mol. The summed E-state index contributed by atoms with van der Waals surface area (Å²) in [6.07, 6.45) is 2.57. The van der Waals surface area contributed by atoms with Gasteiger partial charge in [0.05, 0.1) is 5.69 Å². The highest BCUT2D eigenvalue weighted by molar-refractivity contribution is 6.20. The summed E-state index contributed by atoms with van der Waals surface area (Å²) < 4.78 is 5.69. The lowest BCUT2D eigenvalue weighted by Crippen LogP contribution is -2.03. The van der Waals surface area contributed by atoms with E-state index < -0.39 is 5.56 Å². The minimum atomic E-state index is -0.500. The molecule has 1 atom stereocenters. The van der Waals surface area contributed by atoms with Crippen LogP contribution in [0.25, 0.3) is 0 Å². The van der Waals surface area contributed by atoms with E-state index in [9.17, 15) is 0 Å². The molecule has 0 N–H and O–H groups in total. The molecule has 0 aliphatic carbocycles. The van der Waals surface area contributed by atoms with Gasteiger partial charge in [0, 0.05) is 12.6 Å². The van der Waals surface area contributed by atoms with Gasteiger partial charge in [0.1, 0.15) is 5.75 Å². The van der Waals surface area contributed by atoms with Crippen molar-refractivity contribution in [2.24, 2.45) is 0 Å². The molecule has 1 unspecified atom stereocenters. The van der Waals surface area contributed by atoms with Gasteiger partial charge in [-0.25, -0.2) is 0 Å². The summed E-state index contributed by atoms with van der Waals surface area (Å²) in [5, 5.41) is 0. The van der Waals surface area contributed by atoms with E-state index in [-0.39, 0.29) is 12.4 Å². The normalized spacial score (nSPS) is 16.9. The second-order valence-electron chi connectivity index (χ2n) is 3.77. The highest BCUT2D eigenvalue weighted by Crippen LogP contribution is 2.34. The Kier molecular flexibility index (Phi) is 3.55. The molecule has 1 aliphatic rings. The first-order chi connectivity index (χ1) is 7.84. The number of benzene rings is 1. The van der Waals surface area contributed by atoms with E-state index in [1.807, 2.05) is 30.3 Å². The quantitative estimate of drug-likeness (QED) is 0.679. The molecule has 0 amide bonds. The Morgan fingerprint density at radius 3 is 2.76 bits per heavy atom. The number of ether oxygens (including phenoxy) is 1. The van der Waals surface area contributed by atoms with E-state index in [2.05, 4.69) is 11.1 Å². The van der Waals surface area contributed by atoms with Crippen LogP contribution in [0.2, 0.25) is 0 Å². The largest absolute Gasteiger partial charge is 0.468 e. The summed E-state index contributed by atoms with van der Waals surface area (Å²) in [6, 6.07) is 11.9. The summed E-state index contributed by atoms with van der Waals surface area (Å²) in [6.45, 7) is 0. The molecule has 0 saturated carbocycles. The number of hydrogen-bond acceptors (Lipinski definition) is 2. The van der Waals surface area contributed by atoms with Crippen molar-refractivity contribution >= 4 is 24.0 Å². The molecule has 2 nitrogen and oxygen atoms in total. The molecular weight excluding hydrogens is 257 g/mol. The predicted molar refractivity (Wildman–Crippen MR) is 70.0 cm³/mol. The number of aromatic nitrogens is 1. The third-order valence-electron chi connectivity index (χ3n) is 2.73. The maximum Gasteiger partial charge on any atom is 0.214 e. The van der Waals surface area contributed by atoms with Crippen molar-refractivity contribution in [2.45, 2.75) is 12.0 Å². The van der Waals surface area contributed by atoms with Gasteiger partial charge >= 0.3 is 0 Å². The van der Waals surface area contributed by atoms with E-state index >= 15 is 0 Å². The number of pyridine rings is 1. The first-order valence-corrected chi connectivity index (χ1v) is 5.60. The summed E-state index contributed by atoms with van der Waals surface area (Å²) in [5.74, 6) is 0.848. The Morgan fingerprint density at radius 1 is 1.12 bits per heavy atom. The Bertz CT molecular complexity index is 530. The number of rotatable bonds is 0. The van der Waals surface area contributed by atoms with Crippen LogP contribution in [0.4, 0.5) is 0 Å². The average Bonchev–Trinajstić information content (AvgIpc) is 2.45. The lowest BCUT2D eigenvalue weighted by atomic mass is 10.0. The molecule has 0 spiro atoms. The maximum absolute atomic E-state index is 6.19. The second kappa shape index (κ2) is 4.94. The van der Waals surface area contributed by atoms with Crippen molar-refractivity contribution in [1.82, 2.24) is 4.98 Å². The van der Waals surface area contributed by atoms with Gasteiger partial charge in [-0.3, -0.25) is 4.98 Å². The van der Waals surface area contributed by atoms with Crippen LogP contribution in [0.3, 0.4) is 0 Å². The molecule has 0 bridgehead atoms. The van der Waals surface area contributed by atoms with E-state index in [0.29, 0.717) is 0 Å². The van der Waals surface area contributed by atoms with Gasteiger partial charge in [-0.15, -0.1) is 12.4 Å². The SMILES string of the molecule is Cl.ClC1Oc2ccccc2Cc2cccnc21. The van der Waals surface area contributed by atoms with E-state index in [1.165, 1.54) is 0 Å². The van der Waals surface area contributed by atoms with Crippen molar-refractivity contribution in [3.8, 4) is 5.75 Å². The van der Waals surface area contributed by atoms with Crippen molar-refractivity contribution < 1.29 is 4.74 Å². The Labute approximate surface area is 111 Å². The van der Waals surface area contributed by atoms with Crippen LogP contribution >= 0.6 is 24.0 Å². The van der Waals surface area contributed by atoms with Crippen LogP contribution < -0.4 is 4.74 Å². The van der Waals surface area contributed by atoms with Gasteiger partial charge in [0.15, 0.2) is 0 Å². The number of nitrogens with zero attached hydrogens (tertiary/aromatic N) is 1. The maximum atomic E-state index is 6.19. The number of alkyl halides is 1. The third-order valence-corrected chi connectivity index (χ3v) is 3.02. The van der Waals surface area contributed by atoms with Crippen molar-refractivity contribution in [2.75, 3.05) is 0 Å². The van der Waals surface area contributed by atoms with Crippen LogP contribution in [0, 0.1) is 0 Å². The first kappa shape index (κ1) is 12.2. The summed E-state index contributed by atoms with van der Waals surface area (Å²) in [4.78, 5) is 4.29. The summed E-state index contributed by atoms with van der Waals surface area (Å²) in [7, 11) is 0. The molecule has 4 heteroatoms. The fourth-order valence-electron chi connectivity index (χ4n) is 1.94. The summed E-state index contributed by atoms with van der Waals surface area (Å²) >= 11 is 6.19. The molecule has 2 heterocycles. The topological polar surface area (TPSA) is 22.1 Å². The standard InChI is InChI=1S/C13H10ClNO.ClH/c14-13-12-10(5-3-7-15-12)8-9-4-1-2-6-11(9)16-13;/h1-7,13H,8H2;1H. The van der Waals surface area contributed by atoms with Crippen LogP contribution in [0.1, 0.15) is 22.4 Å². The highest BCUT2D eigenvalue weighted by atomic mass is 35.5. The van der Waals surface area contributed by atoms with Crippen molar-refractivity contribution in [3.63, 3.8) is 0 Å². The first-order valence-electron chi connectivity index (χ1n) is 5.17. The molecule has 0 radical (unpaired) electrons. The second-order valence-corrected chi connectivity index (χ2v) is 4.16. The van der Waals surface area contributed by atoms with Crippen LogP contribution in [-0.2, 0) is 6.42 Å². The van der Waals surface area contributed by atoms with Gasteiger partial charge in [-0.05, 0) is 23.3 Å². The number of fused-ring (bicyclic) bond motifs is 2. The molecule has 1 aliphatic heterocycles. The van der Waals surface area contributed by atoms with Crippen LogP contribution in [0.5, 0.6) is 5.75 Å². The number of hydrogen-bond donors (Lipinski definition) is 0. The van der Waals surface area contributed by atoms with Crippen molar-refractivity contribution in [3.05, 3.63) is 59.4 Å². The zero-order chi connectivity index (χ0) is 11.0. The van der Waals surface area contributed by atoms with Crippen LogP contribution in [0.15, 0.2) is 42.6 Å². The lowest BCUT2D eigenvalue weighted by Gasteiger charge is -2.11. The number of para-hydroxylation sites is 1. The highest BCUT2D eigenvalue weighted by Gasteiger charge is 2.21. The lowest BCUT2D eigenvalue weighted by molar-refractivity contribution is 0.284. The molecule has 0 saturated heterocycles. The minimum Gasteiger partial charge on any atom is -0.468 e. The smallest absolute Gasteiger partial charge is 0.214 e. The number of halogens is 2. The van der Waals surface area contributed by atoms with Gasteiger partial charge in [-0.1, -0.05) is 35.9 Å². The van der Waals surface area contributed by atoms with Gasteiger partial charge in [-0.2, -0.15) is 0 Å². The molecular formula is C13H11Cl2NO. The fraction of sp³-hybridized carbons (Fsp3) is 0.154. The Balaban J connectivity index is 0.00000108. The Morgan fingerprint density at radius 2 is 1.88 bits per heavy atom. The Hall–Kier alpha value is -1.25. The molecule has 1 aromatic carbocycles. The molecule has 88 valence electrons. The van der Waals surface area contributed by atoms with E-state index in [0.717, 1.165) is 29.0 Å². The van der Waals surface area contributed by atoms with Crippen molar-refractivity contribution in [1.29, 1.82) is 0 Å². The molecule has 0 fully saturated rings. The van der Waals surface area contributed by atoms with E-state index in [4.69, 9.17) is 16.3 Å². The molecule has 1 aromatic heterocycles. The fourth-order valence-corrected chi connectivity index (χ4v) is 2.23.